The number of piperidine rings is 1. The van der Waals surface area contributed by atoms with Crippen molar-refractivity contribution in [2.75, 3.05) is 37.7 Å². The van der Waals surface area contributed by atoms with E-state index in [4.69, 9.17) is 9.72 Å². The van der Waals surface area contributed by atoms with E-state index >= 15 is 0 Å². The van der Waals surface area contributed by atoms with Gasteiger partial charge in [-0.05, 0) is 26.7 Å². The highest BCUT2D eigenvalue weighted by Crippen LogP contribution is 2.30. The molecule has 0 aromatic carbocycles. The Hall–Kier alpha value is -1.95. The van der Waals surface area contributed by atoms with Gasteiger partial charge in [0.2, 0.25) is 0 Å². The molecule has 0 atom stereocenters. The molecule has 3 rings (SSSR count). The SMILES string of the molecule is C=CCN1CCc2nc(C)nc(N3CCC(C(=O)OCC)CC3)c2C1. The van der Waals surface area contributed by atoms with E-state index in [0.717, 1.165) is 63.6 Å². The first-order valence-corrected chi connectivity index (χ1v) is 9.23. The van der Waals surface area contributed by atoms with Crippen LogP contribution in [-0.2, 0) is 22.5 Å². The Kier molecular flexibility index (Phi) is 5.68. The molecule has 0 aliphatic carbocycles. The molecule has 0 amide bonds. The summed E-state index contributed by atoms with van der Waals surface area (Å²) in [5, 5.41) is 0. The van der Waals surface area contributed by atoms with E-state index in [1.807, 2.05) is 19.9 Å². The van der Waals surface area contributed by atoms with Gasteiger partial charge in [0.15, 0.2) is 0 Å². The standard InChI is InChI=1S/C19H28N4O2/c1-4-9-22-10-8-17-16(13-22)18(21-14(3)20-17)23-11-6-15(7-12-23)19(24)25-5-2/h4,15H,1,5-13H2,2-3H3. The Morgan fingerprint density at radius 2 is 2.08 bits per heavy atom. The minimum Gasteiger partial charge on any atom is -0.466 e. The van der Waals surface area contributed by atoms with Crippen LogP contribution in [0.25, 0.3) is 0 Å². The van der Waals surface area contributed by atoms with Crippen molar-refractivity contribution in [2.24, 2.45) is 5.92 Å². The first-order valence-electron chi connectivity index (χ1n) is 9.23. The summed E-state index contributed by atoms with van der Waals surface area (Å²) in [5.74, 6) is 1.85. The smallest absolute Gasteiger partial charge is 0.309 e. The minimum atomic E-state index is -0.0554. The van der Waals surface area contributed by atoms with Crippen molar-refractivity contribution in [3.63, 3.8) is 0 Å². The predicted octanol–water partition coefficient (Wildman–Crippen LogP) is 2.11. The number of carbonyl (C=O) groups is 1. The number of hydrogen-bond donors (Lipinski definition) is 0. The highest BCUT2D eigenvalue weighted by Gasteiger charge is 2.30. The molecule has 1 aromatic heterocycles. The van der Waals surface area contributed by atoms with Crippen molar-refractivity contribution >= 4 is 11.8 Å². The van der Waals surface area contributed by atoms with Gasteiger partial charge in [0, 0.05) is 44.7 Å². The van der Waals surface area contributed by atoms with E-state index in [1.54, 1.807) is 0 Å². The molecule has 0 N–H and O–H groups in total. The molecule has 1 aromatic rings. The van der Waals surface area contributed by atoms with E-state index in [1.165, 1.54) is 11.3 Å². The Bertz CT molecular complexity index is 639. The van der Waals surface area contributed by atoms with Crippen LogP contribution >= 0.6 is 0 Å². The number of ether oxygens (including phenoxy) is 1. The zero-order valence-corrected chi connectivity index (χ0v) is 15.3. The van der Waals surface area contributed by atoms with E-state index in [0.29, 0.717) is 6.61 Å². The molecule has 0 bridgehead atoms. The van der Waals surface area contributed by atoms with E-state index in [9.17, 15) is 4.79 Å². The lowest BCUT2D eigenvalue weighted by Gasteiger charge is -2.35. The van der Waals surface area contributed by atoms with Crippen LogP contribution in [0, 0.1) is 12.8 Å². The summed E-state index contributed by atoms with van der Waals surface area (Å²) in [6.07, 6.45) is 4.56. The maximum atomic E-state index is 12.0. The fourth-order valence-electron chi connectivity index (χ4n) is 3.76. The summed E-state index contributed by atoms with van der Waals surface area (Å²) in [7, 11) is 0. The molecule has 136 valence electrons. The van der Waals surface area contributed by atoms with Crippen molar-refractivity contribution < 1.29 is 9.53 Å². The van der Waals surface area contributed by atoms with Crippen molar-refractivity contribution in [1.82, 2.24) is 14.9 Å². The monoisotopic (exact) mass is 344 g/mol. The summed E-state index contributed by atoms with van der Waals surface area (Å²) < 4.78 is 5.17. The van der Waals surface area contributed by atoms with Gasteiger partial charge in [-0.1, -0.05) is 6.08 Å². The number of fused-ring (bicyclic) bond motifs is 1. The van der Waals surface area contributed by atoms with E-state index in [-0.39, 0.29) is 11.9 Å². The zero-order valence-electron chi connectivity index (χ0n) is 15.3. The molecular weight excluding hydrogens is 316 g/mol. The van der Waals surface area contributed by atoms with Gasteiger partial charge >= 0.3 is 5.97 Å². The Balaban J connectivity index is 1.76. The molecule has 0 radical (unpaired) electrons. The number of hydrogen-bond acceptors (Lipinski definition) is 6. The first kappa shape index (κ1) is 17.9. The van der Waals surface area contributed by atoms with Gasteiger partial charge in [-0.2, -0.15) is 0 Å². The number of aryl methyl sites for hydroxylation is 1. The molecular formula is C19H28N4O2. The average Bonchev–Trinajstić information content (AvgIpc) is 2.62. The van der Waals surface area contributed by atoms with Crippen molar-refractivity contribution in [3.8, 4) is 0 Å². The molecule has 0 unspecified atom stereocenters. The minimum absolute atomic E-state index is 0.0206. The molecule has 0 spiro atoms. The summed E-state index contributed by atoms with van der Waals surface area (Å²) in [6.45, 7) is 12.6. The normalized spacial score (nSPS) is 18.7. The highest BCUT2D eigenvalue weighted by atomic mass is 16.5. The Morgan fingerprint density at radius 3 is 2.76 bits per heavy atom. The fourth-order valence-corrected chi connectivity index (χ4v) is 3.76. The maximum Gasteiger partial charge on any atom is 0.309 e. The second-order valence-corrected chi connectivity index (χ2v) is 6.81. The van der Waals surface area contributed by atoms with Crippen molar-refractivity contribution in [2.45, 2.75) is 39.7 Å². The van der Waals surface area contributed by atoms with E-state index < -0.39 is 0 Å². The average molecular weight is 344 g/mol. The van der Waals surface area contributed by atoms with Crippen LogP contribution in [0.5, 0.6) is 0 Å². The summed E-state index contributed by atoms with van der Waals surface area (Å²) in [6, 6.07) is 0. The molecule has 1 saturated heterocycles. The molecule has 6 nitrogen and oxygen atoms in total. The second-order valence-electron chi connectivity index (χ2n) is 6.81. The van der Waals surface area contributed by atoms with Gasteiger partial charge in [-0.25, -0.2) is 9.97 Å². The second kappa shape index (κ2) is 7.95. The number of aromatic nitrogens is 2. The van der Waals surface area contributed by atoms with Crippen molar-refractivity contribution in [3.05, 3.63) is 29.7 Å². The number of nitrogens with zero attached hydrogens (tertiary/aromatic N) is 4. The summed E-state index contributed by atoms with van der Waals surface area (Å²) in [5.41, 5.74) is 2.42. The molecule has 2 aliphatic rings. The van der Waals surface area contributed by atoms with Crippen LogP contribution in [0.2, 0.25) is 0 Å². The van der Waals surface area contributed by atoms with Crippen LogP contribution in [0.4, 0.5) is 5.82 Å². The predicted molar refractivity (Wildman–Crippen MR) is 97.5 cm³/mol. The third-order valence-electron chi connectivity index (χ3n) is 5.03. The van der Waals surface area contributed by atoms with Crippen LogP contribution in [-0.4, -0.2) is 53.6 Å². The number of carbonyl (C=O) groups excluding carboxylic acids is 1. The van der Waals surface area contributed by atoms with Crippen LogP contribution in [0.15, 0.2) is 12.7 Å². The van der Waals surface area contributed by atoms with E-state index in [2.05, 4.69) is 21.4 Å². The van der Waals surface area contributed by atoms with Gasteiger partial charge in [-0.15, -0.1) is 6.58 Å². The molecule has 3 heterocycles. The quantitative estimate of drug-likeness (QED) is 0.602. The lowest BCUT2D eigenvalue weighted by Crippen LogP contribution is -2.40. The Labute approximate surface area is 149 Å². The molecule has 1 fully saturated rings. The summed E-state index contributed by atoms with van der Waals surface area (Å²) >= 11 is 0. The largest absolute Gasteiger partial charge is 0.466 e. The topological polar surface area (TPSA) is 58.6 Å². The van der Waals surface area contributed by atoms with Crippen molar-refractivity contribution in [1.29, 1.82) is 0 Å². The Morgan fingerprint density at radius 1 is 1.32 bits per heavy atom. The third kappa shape index (κ3) is 4.00. The molecule has 0 saturated carbocycles. The summed E-state index contributed by atoms with van der Waals surface area (Å²) in [4.78, 5) is 26.1. The van der Waals surface area contributed by atoms with Crippen LogP contribution in [0.3, 0.4) is 0 Å². The zero-order chi connectivity index (χ0) is 17.8. The van der Waals surface area contributed by atoms with Gasteiger partial charge < -0.3 is 9.64 Å². The number of esters is 1. The van der Waals surface area contributed by atoms with Gasteiger partial charge in [-0.3, -0.25) is 9.69 Å². The lowest BCUT2D eigenvalue weighted by atomic mass is 9.96. The fraction of sp³-hybridized carbons (Fsp3) is 0.632. The van der Waals surface area contributed by atoms with Crippen LogP contribution in [0.1, 0.15) is 36.8 Å². The maximum absolute atomic E-state index is 12.0. The van der Waals surface area contributed by atoms with Gasteiger partial charge in [0.05, 0.1) is 18.2 Å². The lowest BCUT2D eigenvalue weighted by molar-refractivity contribution is -0.148. The van der Waals surface area contributed by atoms with Gasteiger partial charge in [0.25, 0.3) is 0 Å². The third-order valence-corrected chi connectivity index (χ3v) is 5.03. The highest BCUT2D eigenvalue weighted by molar-refractivity contribution is 5.72. The molecule has 6 heteroatoms. The first-order chi connectivity index (χ1) is 12.1. The number of rotatable bonds is 5. The molecule has 2 aliphatic heterocycles. The van der Waals surface area contributed by atoms with Crippen LogP contribution < -0.4 is 4.90 Å². The van der Waals surface area contributed by atoms with Gasteiger partial charge in [0.1, 0.15) is 11.6 Å². The molecule has 25 heavy (non-hydrogen) atoms. The number of anilines is 1.